The zero-order chi connectivity index (χ0) is 14.5. The predicted molar refractivity (Wildman–Crippen MR) is 67.6 cm³/mol. The summed E-state index contributed by atoms with van der Waals surface area (Å²) >= 11 is 5.71. The van der Waals surface area contributed by atoms with Gasteiger partial charge >= 0.3 is 6.18 Å². The Balaban J connectivity index is 2.73. The van der Waals surface area contributed by atoms with Crippen LogP contribution in [0.5, 0.6) is 0 Å². The lowest BCUT2D eigenvalue weighted by atomic mass is 10.4. The average molecular weight is 298 g/mol. The largest absolute Gasteiger partial charge is 0.390 e. The van der Waals surface area contributed by atoms with Crippen LogP contribution >= 0.6 is 11.6 Å². The molecule has 1 aromatic heterocycles. The third-order valence-corrected chi connectivity index (χ3v) is 2.37. The second-order valence-electron chi connectivity index (χ2n) is 3.94. The van der Waals surface area contributed by atoms with Crippen LogP contribution in [0.4, 0.5) is 25.1 Å². The van der Waals surface area contributed by atoms with Gasteiger partial charge in [-0.2, -0.15) is 28.1 Å². The maximum absolute atomic E-state index is 12.1. The van der Waals surface area contributed by atoms with Crippen LogP contribution in [0, 0.1) is 0 Å². The molecule has 1 rings (SSSR count). The Morgan fingerprint density at radius 3 is 2.53 bits per heavy atom. The van der Waals surface area contributed by atoms with Crippen molar-refractivity contribution in [2.75, 3.05) is 30.4 Å². The molecule has 9 heteroatoms. The van der Waals surface area contributed by atoms with Crippen LogP contribution in [-0.4, -0.2) is 41.3 Å². The number of hydrogen-bond donors (Lipinski definition) is 1. The zero-order valence-corrected chi connectivity index (χ0v) is 11.4. The molecule has 0 aliphatic rings. The molecule has 19 heavy (non-hydrogen) atoms. The summed E-state index contributed by atoms with van der Waals surface area (Å²) in [7, 11) is 1.47. The standard InChI is InChI=1S/C10H15ClF3N5/c1-3-5-15-8-16-7(11)17-9(18-8)19(2)6-4-10(12,13)14/h3-6H2,1-2H3,(H,15,16,17,18). The molecule has 0 unspecified atom stereocenters. The number of hydrogen-bond acceptors (Lipinski definition) is 5. The van der Waals surface area contributed by atoms with Crippen LogP contribution in [0.1, 0.15) is 19.8 Å². The van der Waals surface area contributed by atoms with E-state index in [0.717, 1.165) is 6.42 Å². The van der Waals surface area contributed by atoms with Gasteiger partial charge in [-0.1, -0.05) is 6.92 Å². The van der Waals surface area contributed by atoms with Crippen LogP contribution in [0.3, 0.4) is 0 Å². The Bertz CT molecular complexity index is 413. The molecule has 0 radical (unpaired) electrons. The first-order valence-corrected chi connectivity index (χ1v) is 6.13. The highest BCUT2D eigenvalue weighted by Gasteiger charge is 2.27. The van der Waals surface area contributed by atoms with Crippen molar-refractivity contribution < 1.29 is 13.2 Å². The van der Waals surface area contributed by atoms with E-state index in [4.69, 9.17) is 11.6 Å². The molecule has 1 aromatic rings. The number of aromatic nitrogens is 3. The summed E-state index contributed by atoms with van der Waals surface area (Å²) in [5.41, 5.74) is 0. The molecule has 108 valence electrons. The van der Waals surface area contributed by atoms with Gasteiger partial charge in [0.2, 0.25) is 17.2 Å². The van der Waals surface area contributed by atoms with Crippen LogP contribution in [-0.2, 0) is 0 Å². The van der Waals surface area contributed by atoms with Crippen molar-refractivity contribution in [1.29, 1.82) is 0 Å². The van der Waals surface area contributed by atoms with Crippen molar-refractivity contribution in [3.05, 3.63) is 5.28 Å². The van der Waals surface area contributed by atoms with Crippen LogP contribution < -0.4 is 10.2 Å². The summed E-state index contributed by atoms with van der Waals surface area (Å²) < 4.78 is 36.4. The Labute approximate surface area is 114 Å². The topological polar surface area (TPSA) is 53.9 Å². The highest BCUT2D eigenvalue weighted by molar-refractivity contribution is 6.28. The molecule has 0 atom stereocenters. The lowest BCUT2D eigenvalue weighted by Gasteiger charge is -2.18. The minimum Gasteiger partial charge on any atom is -0.354 e. The Hall–Kier alpha value is -1.31. The molecular weight excluding hydrogens is 283 g/mol. The Morgan fingerprint density at radius 1 is 1.26 bits per heavy atom. The van der Waals surface area contributed by atoms with Crippen molar-refractivity contribution in [1.82, 2.24) is 15.0 Å². The fourth-order valence-corrected chi connectivity index (χ4v) is 1.38. The van der Waals surface area contributed by atoms with E-state index in [2.05, 4.69) is 20.3 Å². The van der Waals surface area contributed by atoms with Crippen molar-refractivity contribution in [3.63, 3.8) is 0 Å². The van der Waals surface area contributed by atoms with E-state index in [1.807, 2.05) is 6.92 Å². The number of nitrogens with one attached hydrogen (secondary N) is 1. The highest BCUT2D eigenvalue weighted by atomic mass is 35.5. The van der Waals surface area contributed by atoms with Gasteiger partial charge in [0.25, 0.3) is 0 Å². The molecule has 1 heterocycles. The summed E-state index contributed by atoms with van der Waals surface area (Å²) in [6.45, 7) is 2.37. The second-order valence-corrected chi connectivity index (χ2v) is 4.28. The first kappa shape index (κ1) is 15.7. The van der Waals surface area contributed by atoms with Gasteiger partial charge in [-0.05, 0) is 18.0 Å². The van der Waals surface area contributed by atoms with Crippen molar-refractivity contribution >= 4 is 23.5 Å². The summed E-state index contributed by atoms with van der Waals surface area (Å²) in [4.78, 5) is 13.0. The molecule has 0 aliphatic carbocycles. The van der Waals surface area contributed by atoms with Crippen molar-refractivity contribution in [2.24, 2.45) is 0 Å². The van der Waals surface area contributed by atoms with Crippen LogP contribution in [0.25, 0.3) is 0 Å². The van der Waals surface area contributed by atoms with Gasteiger partial charge in [-0.15, -0.1) is 0 Å². The zero-order valence-electron chi connectivity index (χ0n) is 10.6. The van der Waals surface area contributed by atoms with Gasteiger partial charge in [0.15, 0.2) is 0 Å². The smallest absolute Gasteiger partial charge is 0.354 e. The molecule has 0 aromatic carbocycles. The monoisotopic (exact) mass is 297 g/mol. The van der Waals surface area contributed by atoms with E-state index in [9.17, 15) is 13.2 Å². The fourth-order valence-electron chi connectivity index (χ4n) is 1.22. The molecule has 0 saturated carbocycles. The molecule has 0 amide bonds. The quantitative estimate of drug-likeness (QED) is 0.875. The first-order valence-electron chi connectivity index (χ1n) is 5.75. The molecular formula is C10H15ClF3N5. The van der Waals surface area contributed by atoms with Gasteiger partial charge in [0, 0.05) is 20.1 Å². The molecule has 5 nitrogen and oxygen atoms in total. The Morgan fingerprint density at radius 2 is 1.95 bits per heavy atom. The molecule has 0 spiro atoms. The summed E-state index contributed by atoms with van der Waals surface area (Å²) in [5, 5.41) is 2.85. The number of alkyl halides is 3. The van der Waals surface area contributed by atoms with Gasteiger partial charge in [0.05, 0.1) is 6.42 Å². The van der Waals surface area contributed by atoms with Crippen molar-refractivity contribution in [2.45, 2.75) is 25.9 Å². The molecule has 0 fully saturated rings. The predicted octanol–water partition coefficient (Wildman–Crippen LogP) is 2.74. The molecule has 0 bridgehead atoms. The minimum absolute atomic E-state index is 0.0533. The highest BCUT2D eigenvalue weighted by Crippen LogP contribution is 2.21. The lowest BCUT2D eigenvalue weighted by Crippen LogP contribution is -2.26. The summed E-state index contributed by atoms with van der Waals surface area (Å²) in [5.74, 6) is 0.374. The Kier molecular flexibility index (Phi) is 5.59. The van der Waals surface area contributed by atoms with Crippen molar-refractivity contribution in [3.8, 4) is 0 Å². The lowest BCUT2D eigenvalue weighted by molar-refractivity contribution is -0.132. The SMILES string of the molecule is CCCNc1nc(Cl)nc(N(C)CCC(F)(F)F)n1. The van der Waals surface area contributed by atoms with Crippen LogP contribution in [0.15, 0.2) is 0 Å². The number of halogens is 4. The van der Waals surface area contributed by atoms with Crippen LogP contribution in [0.2, 0.25) is 5.28 Å². The van der Waals surface area contributed by atoms with E-state index < -0.39 is 12.6 Å². The van der Waals surface area contributed by atoms with Gasteiger partial charge in [-0.3, -0.25) is 0 Å². The summed E-state index contributed by atoms with van der Waals surface area (Å²) in [6.07, 6.45) is -4.29. The third kappa shape index (κ3) is 5.91. The van der Waals surface area contributed by atoms with E-state index in [0.29, 0.717) is 6.54 Å². The molecule has 1 N–H and O–H groups in total. The van der Waals surface area contributed by atoms with E-state index in [1.165, 1.54) is 11.9 Å². The average Bonchev–Trinajstić information content (AvgIpc) is 2.31. The van der Waals surface area contributed by atoms with E-state index in [-0.39, 0.29) is 23.7 Å². The van der Waals surface area contributed by atoms with E-state index in [1.54, 1.807) is 0 Å². The van der Waals surface area contributed by atoms with Gasteiger partial charge < -0.3 is 10.2 Å². The number of nitrogens with zero attached hydrogens (tertiary/aromatic N) is 4. The second kappa shape index (κ2) is 6.74. The normalized spacial score (nSPS) is 11.5. The van der Waals surface area contributed by atoms with Gasteiger partial charge in [-0.25, -0.2) is 0 Å². The first-order chi connectivity index (χ1) is 8.81. The third-order valence-electron chi connectivity index (χ3n) is 2.20. The van der Waals surface area contributed by atoms with Gasteiger partial charge in [0.1, 0.15) is 0 Å². The maximum atomic E-state index is 12.1. The van der Waals surface area contributed by atoms with E-state index >= 15 is 0 Å². The maximum Gasteiger partial charge on any atom is 0.390 e. The fraction of sp³-hybridized carbons (Fsp3) is 0.700. The molecule has 0 aliphatic heterocycles. The minimum atomic E-state index is -4.21. The number of rotatable bonds is 6. The summed E-state index contributed by atoms with van der Waals surface area (Å²) in [6, 6.07) is 0. The number of anilines is 2. The molecule has 0 saturated heterocycles.